The maximum Gasteiger partial charge on any atom is 0.322 e. The normalized spacial score (nSPS) is 17.0. The van der Waals surface area contributed by atoms with Crippen molar-refractivity contribution in [3.8, 4) is 0 Å². The fourth-order valence-electron chi connectivity index (χ4n) is 3.43. The molecule has 1 aliphatic heterocycles. The molecule has 4 heteroatoms. The molecule has 0 bridgehead atoms. The number of nitrogens with one attached hydrogen (secondary N) is 1. The molecule has 1 aliphatic rings. The zero-order valence-corrected chi connectivity index (χ0v) is 14.2. The number of aromatic nitrogens is 1. The van der Waals surface area contributed by atoms with Gasteiger partial charge in [0, 0.05) is 30.7 Å². The van der Waals surface area contributed by atoms with Crippen LogP contribution in [0.2, 0.25) is 0 Å². The first kappa shape index (κ1) is 15.7. The Morgan fingerprint density at radius 3 is 2.83 bits per heavy atom. The predicted molar refractivity (Wildman–Crippen MR) is 93.7 cm³/mol. The van der Waals surface area contributed by atoms with Crippen LogP contribution < -0.4 is 5.32 Å². The largest absolute Gasteiger partial charge is 0.348 e. The summed E-state index contributed by atoms with van der Waals surface area (Å²) < 4.78 is 2.27. The summed E-state index contributed by atoms with van der Waals surface area (Å²) in [6.07, 6.45) is 4.16. The number of anilines is 1. The second kappa shape index (κ2) is 6.49. The van der Waals surface area contributed by atoms with E-state index < -0.39 is 0 Å². The molecule has 0 radical (unpaired) electrons. The molecule has 0 saturated heterocycles. The third kappa shape index (κ3) is 3.11. The second-order valence-corrected chi connectivity index (χ2v) is 6.37. The quantitative estimate of drug-likeness (QED) is 0.890. The van der Waals surface area contributed by atoms with Crippen LogP contribution in [0.15, 0.2) is 36.5 Å². The van der Waals surface area contributed by atoms with E-state index in [0.717, 1.165) is 37.2 Å². The average molecular weight is 311 g/mol. The molecule has 3 rings (SSSR count). The van der Waals surface area contributed by atoms with Crippen molar-refractivity contribution in [2.24, 2.45) is 0 Å². The van der Waals surface area contributed by atoms with Gasteiger partial charge in [-0.25, -0.2) is 4.79 Å². The highest BCUT2D eigenvalue weighted by molar-refractivity contribution is 5.90. The summed E-state index contributed by atoms with van der Waals surface area (Å²) in [6.45, 7) is 7.89. The first-order valence-electron chi connectivity index (χ1n) is 8.40. The van der Waals surface area contributed by atoms with Crippen molar-refractivity contribution in [1.82, 2.24) is 9.47 Å². The van der Waals surface area contributed by atoms with Crippen LogP contribution in [0, 0.1) is 13.8 Å². The molecule has 1 atom stereocenters. The molecule has 2 amide bonds. The van der Waals surface area contributed by atoms with Crippen LogP contribution in [0.4, 0.5) is 10.5 Å². The Bertz CT molecular complexity index is 704. The van der Waals surface area contributed by atoms with E-state index in [0.29, 0.717) is 0 Å². The number of hydrogen-bond donors (Lipinski definition) is 1. The lowest BCUT2D eigenvalue weighted by molar-refractivity contribution is 0.163. The van der Waals surface area contributed by atoms with Crippen molar-refractivity contribution in [2.45, 2.75) is 46.2 Å². The van der Waals surface area contributed by atoms with Gasteiger partial charge in [0.15, 0.2) is 0 Å². The van der Waals surface area contributed by atoms with Crippen LogP contribution in [0.25, 0.3) is 0 Å². The van der Waals surface area contributed by atoms with Crippen molar-refractivity contribution >= 4 is 11.7 Å². The highest BCUT2D eigenvalue weighted by Crippen LogP contribution is 2.30. The molecular formula is C19H25N3O. The van der Waals surface area contributed by atoms with E-state index >= 15 is 0 Å². The lowest BCUT2D eigenvalue weighted by atomic mass is 10.0. The van der Waals surface area contributed by atoms with E-state index in [1.807, 2.05) is 24.0 Å². The van der Waals surface area contributed by atoms with E-state index in [1.165, 1.54) is 11.3 Å². The molecule has 2 heterocycles. The van der Waals surface area contributed by atoms with Gasteiger partial charge in [0.05, 0.1) is 6.04 Å². The number of carbonyl (C=O) groups is 1. The van der Waals surface area contributed by atoms with Gasteiger partial charge in [-0.2, -0.15) is 0 Å². The standard InChI is InChI=1S/C19H25N3O/c1-4-6-18-17-7-5-10-21(17)11-12-22(18)19(23)20-16-9-8-14(2)13-15(16)3/h5,7-10,13,18H,4,6,11-12H2,1-3H3,(H,20,23). The van der Waals surface area contributed by atoms with Crippen molar-refractivity contribution in [2.75, 3.05) is 11.9 Å². The number of nitrogens with zero attached hydrogens (tertiary/aromatic N) is 2. The zero-order valence-electron chi connectivity index (χ0n) is 14.2. The van der Waals surface area contributed by atoms with Gasteiger partial charge in [0.25, 0.3) is 0 Å². The summed E-state index contributed by atoms with van der Waals surface area (Å²) in [7, 11) is 0. The number of carbonyl (C=O) groups excluding carboxylic acids is 1. The van der Waals surface area contributed by atoms with Gasteiger partial charge in [-0.15, -0.1) is 0 Å². The SMILES string of the molecule is CCCC1c2cccn2CCN1C(=O)Nc1ccc(C)cc1C. The van der Waals surface area contributed by atoms with Gasteiger partial charge in [-0.1, -0.05) is 31.0 Å². The van der Waals surface area contributed by atoms with E-state index in [2.05, 4.69) is 48.1 Å². The fraction of sp³-hybridized carbons (Fsp3) is 0.421. The predicted octanol–water partition coefficient (Wildman–Crippen LogP) is 4.49. The third-order valence-electron chi connectivity index (χ3n) is 4.61. The maximum atomic E-state index is 12.8. The Hall–Kier alpha value is -2.23. The lowest BCUT2D eigenvalue weighted by Gasteiger charge is -2.37. The van der Waals surface area contributed by atoms with Crippen LogP contribution in [-0.4, -0.2) is 22.0 Å². The van der Waals surface area contributed by atoms with Crippen LogP contribution >= 0.6 is 0 Å². The summed E-state index contributed by atoms with van der Waals surface area (Å²) in [5.74, 6) is 0. The molecule has 4 nitrogen and oxygen atoms in total. The van der Waals surface area contributed by atoms with Crippen LogP contribution in [0.1, 0.15) is 42.6 Å². The summed E-state index contributed by atoms with van der Waals surface area (Å²) >= 11 is 0. The highest BCUT2D eigenvalue weighted by Gasteiger charge is 2.30. The zero-order chi connectivity index (χ0) is 16.4. The minimum absolute atomic E-state index is 0.00264. The molecule has 23 heavy (non-hydrogen) atoms. The summed E-state index contributed by atoms with van der Waals surface area (Å²) in [5, 5.41) is 3.10. The monoisotopic (exact) mass is 311 g/mol. The number of amides is 2. The molecule has 1 unspecified atom stereocenters. The van der Waals surface area contributed by atoms with Crippen LogP contribution in [0.3, 0.4) is 0 Å². The lowest BCUT2D eigenvalue weighted by Crippen LogP contribution is -2.44. The maximum absolute atomic E-state index is 12.8. The number of rotatable bonds is 3. The minimum Gasteiger partial charge on any atom is -0.348 e. The Balaban J connectivity index is 1.81. The molecule has 0 fully saturated rings. The van der Waals surface area contributed by atoms with Crippen molar-refractivity contribution in [3.05, 3.63) is 53.3 Å². The Morgan fingerprint density at radius 1 is 1.26 bits per heavy atom. The molecular weight excluding hydrogens is 286 g/mol. The van der Waals surface area contributed by atoms with E-state index in [4.69, 9.17) is 0 Å². The fourth-order valence-corrected chi connectivity index (χ4v) is 3.43. The highest BCUT2D eigenvalue weighted by atomic mass is 16.2. The van der Waals surface area contributed by atoms with E-state index in [1.54, 1.807) is 0 Å². The molecule has 2 aromatic rings. The first-order chi connectivity index (χ1) is 11.1. The number of benzene rings is 1. The molecule has 122 valence electrons. The summed E-state index contributed by atoms with van der Waals surface area (Å²) in [4.78, 5) is 14.8. The van der Waals surface area contributed by atoms with Gasteiger partial charge in [0.1, 0.15) is 0 Å². The number of urea groups is 1. The topological polar surface area (TPSA) is 37.3 Å². The first-order valence-corrected chi connectivity index (χ1v) is 8.40. The van der Waals surface area contributed by atoms with Gasteiger partial charge in [-0.3, -0.25) is 0 Å². The molecule has 1 N–H and O–H groups in total. The van der Waals surface area contributed by atoms with Crippen LogP contribution in [-0.2, 0) is 6.54 Å². The molecule has 1 aromatic heterocycles. The molecule has 1 aromatic carbocycles. The number of aryl methyl sites for hydroxylation is 2. The number of hydrogen-bond acceptors (Lipinski definition) is 1. The van der Waals surface area contributed by atoms with E-state index in [-0.39, 0.29) is 12.1 Å². The Kier molecular flexibility index (Phi) is 4.42. The smallest absolute Gasteiger partial charge is 0.322 e. The van der Waals surface area contributed by atoms with Gasteiger partial charge in [-0.05, 0) is 44.0 Å². The van der Waals surface area contributed by atoms with Crippen LogP contribution in [0.5, 0.6) is 0 Å². The van der Waals surface area contributed by atoms with Gasteiger partial charge < -0.3 is 14.8 Å². The van der Waals surface area contributed by atoms with Crippen molar-refractivity contribution < 1.29 is 4.79 Å². The van der Waals surface area contributed by atoms with Crippen molar-refractivity contribution in [3.63, 3.8) is 0 Å². The minimum atomic E-state index is 0.00264. The summed E-state index contributed by atoms with van der Waals surface area (Å²) in [5.41, 5.74) is 4.46. The van der Waals surface area contributed by atoms with Gasteiger partial charge in [0.2, 0.25) is 0 Å². The Morgan fingerprint density at radius 2 is 2.09 bits per heavy atom. The third-order valence-corrected chi connectivity index (χ3v) is 4.61. The molecule has 0 spiro atoms. The molecule has 0 aliphatic carbocycles. The Labute approximate surface area is 138 Å². The van der Waals surface area contributed by atoms with Gasteiger partial charge >= 0.3 is 6.03 Å². The molecule has 0 saturated carbocycles. The average Bonchev–Trinajstić information content (AvgIpc) is 2.99. The number of fused-ring (bicyclic) bond motifs is 1. The van der Waals surface area contributed by atoms with E-state index in [9.17, 15) is 4.79 Å². The summed E-state index contributed by atoms with van der Waals surface area (Å²) in [6, 6.07) is 10.5. The second-order valence-electron chi connectivity index (χ2n) is 6.37. The van der Waals surface area contributed by atoms with Crippen molar-refractivity contribution in [1.29, 1.82) is 0 Å².